The van der Waals surface area contributed by atoms with Gasteiger partial charge < -0.3 is 10.6 Å². The number of hydrogen-bond acceptors (Lipinski definition) is 4. The van der Waals surface area contributed by atoms with E-state index in [0.29, 0.717) is 22.7 Å². The molecular formula is C17H15ClF3N3O3. The standard InChI is InChI=1S/C17H15ClF3N3O3/c1-10(16(25)22-9-11-4-2-3-5-13(11)18)23-14-7-6-12(17(19,20)21)8-15(14)24(26)27/h2-8,10,23H,9H2,1H3,(H,22,25)/t10-/m1/s1. The van der Waals surface area contributed by atoms with Gasteiger partial charge in [-0.1, -0.05) is 29.8 Å². The first kappa shape index (κ1) is 20.5. The Morgan fingerprint density at radius 2 is 1.93 bits per heavy atom. The average molecular weight is 402 g/mol. The fourth-order valence-electron chi connectivity index (χ4n) is 2.26. The number of benzene rings is 2. The van der Waals surface area contributed by atoms with Gasteiger partial charge in [-0.15, -0.1) is 0 Å². The van der Waals surface area contributed by atoms with Crippen LogP contribution in [-0.2, 0) is 17.5 Å². The van der Waals surface area contributed by atoms with Crippen molar-refractivity contribution in [1.82, 2.24) is 5.32 Å². The van der Waals surface area contributed by atoms with E-state index in [1.807, 2.05) is 0 Å². The minimum atomic E-state index is -4.71. The predicted octanol–water partition coefficient (Wildman–Crippen LogP) is 4.38. The van der Waals surface area contributed by atoms with Gasteiger partial charge in [0.25, 0.3) is 5.69 Å². The molecule has 0 bridgehead atoms. The number of amides is 1. The quantitative estimate of drug-likeness (QED) is 0.555. The maximum absolute atomic E-state index is 12.7. The first-order valence-electron chi connectivity index (χ1n) is 7.73. The third kappa shape index (κ3) is 5.33. The van der Waals surface area contributed by atoms with Gasteiger partial charge in [0.05, 0.1) is 10.5 Å². The number of halogens is 4. The fourth-order valence-corrected chi connectivity index (χ4v) is 2.46. The summed E-state index contributed by atoms with van der Waals surface area (Å²) in [5.74, 6) is -0.496. The van der Waals surface area contributed by atoms with Crippen molar-refractivity contribution >= 4 is 28.9 Å². The number of nitrogens with one attached hydrogen (secondary N) is 2. The summed E-state index contributed by atoms with van der Waals surface area (Å²) < 4.78 is 38.2. The summed E-state index contributed by atoms with van der Waals surface area (Å²) in [5, 5.41) is 16.7. The molecule has 0 heterocycles. The highest BCUT2D eigenvalue weighted by Crippen LogP contribution is 2.35. The van der Waals surface area contributed by atoms with Crippen LogP contribution >= 0.6 is 11.6 Å². The second-order valence-electron chi connectivity index (χ2n) is 5.66. The van der Waals surface area contributed by atoms with Crippen LogP contribution in [0.25, 0.3) is 0 Å². The Morgan fingerprint density at radius 1 is 1.26 bits per heavy atom. The number of alkyl halides is 3. The zero-order valence-corrected chi connectivity index (χ0v) is 14.8. The highest BCUT2D eigenvalue weighted by Gasteiger charge is 2.33. The normalized spacial score (nSPS) is 12.3. The topological polar surface area (TPSA) is 84.3 Å². The number of rotatable bonds is 6. The third-order valence-corrected chi connectivity index (χ3v) is 4.07. The van der Waals surface area contributed by atoms with E-state index in [0.717, 1.165) is 6.07 Å². The molecule has 2 rings (SSSR count). The van der Waals surface area contributed by atoms with Crippen LogP contribution in [-0.4, -0.2) is 16.9 Å². The smallest absolute Gasteiger partial charge is 0.368 e. The monoisotopic (exact) mass is 401 g/mol. The summed E-state index contributed by atoms with van der Waals surface area (Å²) in [7, 11) is 0. The van der Waals surface area contributed by atoms with Crippen LogP contribution in [0.2, 0.25) is 5.02 Å². The average Bonchev–Trinajstić information content (AvgIpc) is 2.59. The van der Waals surface area contributed by atoms with Crippen LogP contribution in [0.5, 0.6) is 0 Å². The molecule has 27 heavy (non-hydrogen) atoms. The van der Waals surface area contributed by atoms with Crippen LogP contribution < -0.4 is 10.6 Å². The molecular weight excluding hydrogens is 387 g/mol. The lowest BCUT2D eigenvalue weighted by atomic mass is 10.1. The predicted molar refractivity (Wildman–Crippen MR) is 94.5 cm³/mol. The van der Waals surface area contributed by atoms with Gasteiger partial charge in [0.15, 0.2) is 0 Å². The lowest BCUT2D eigenvalue weighted by Gasteiger charge is -2.16. The SMILES string of the molecule is C[C@@H](Nc1ccc(C(F)(F)F)cc1[N+](=O)[O-])C(=O)NCc1ccccc1Cl. The molecule has 10 heteroatoms. The first-order valence-corrected chi connectivity index (χ1v) is 8.10. The largest absolute Gasteiger partial charge is 0.416 e. The summed E-state index contributed by atoms with van der Waals surface area (Å²) in [5.41, 5.74) is -1.42. The first-order chi connectivity index (χ1) is 12.6. The lowest BCUT2D eigenvalue weighted by molar-refractivity contribution is -0.384. The molecule has 0 aliphatic carbocycles. The molecule has 0 radical (unpaired) electrons. The molecule has 144 valence electrons. The van der Waals surface area contributed by atoms with Crippen molar-refractivity contribution in [2.45, 2.75) is 25.7 Å². The van der Waals surface area contributed by atoms with E-state index < -0.39 is 34.3 Å². The van der Waals surface area contributed by atoms with Crippen molar-refractivity contribution in [3.63, 3.8) is 0 Å². The Bertz CT molecular complexity index is 859. The van der Waals surface area contributed by atoms with Gasteiger partial charge in [0, 0.05) is 17.6 Å². The van der Waals surface area contributed by atoms with Crippen LogP contribution in [0.3, 0.4) is 0 Å². The number of carbonyl (C=O) groups is 1. The number of hydrogen-bond donors (Lipinski definition) is 2. The Morgan fingerprint density at radius 3 is 2.52 bits per heavy atom. The Labute approximate surface area is 157 Å². The number of anilines is 1. The Hall–Kier alpha value is -2.81. The van der Waals surface area contributed by atoms with Crippen molar-refractivity contribution in [3.05, 3.63) is 68.7 Å². The minimum absolute atomic E-state index is 0.139. The molecule has 2 aromatic rings. The van der Waals surface area contributed by atoms with Crippen molar-refractivity contribution in [2.75, 3.05) is 5.32 Å². The van der Waals surface area contributed by atoms with Crippen molar-refractivity contribution in [3.8, 4) is 0 Å². The van der Waals surface area contributed by atoms with Gasteiger partial charge >= 0.3 is 6.18 Å². The molecule has 0 unspecified atom stereocenters. The molecule has 0 aliphatic rings. The maximum Gasteiger partial charge on any atom is 0.416 e. The highest BCUT2D eigenvalue weighted by molar-refractivity contribution is 6.31. The highest BCUT2D eigenvalue weighted by atomic mass is 35.5. The van der Waals surface area contributed by atoms with Crippen molar-refractivity contribution in [2.24, 2.45) is 0 Å². The van der Waals surface area contributed by atoms with E-state index in [1.54, 1.807) is 24.3 Å². The van der Waals surface area contributed by atoms with E-state index in [-0.39, 0.29) is 12.2 Å². The van der Waals surface area contributed by atoms with Gasteiger partial charge in [-0.25, -0.2) is 0 Å². The minimum Gasteiger partial charge on any atom is -0.368 e. The number of nitro groups is 1. The van der Waals surface area contributed by atoms with Crippen LogP contribution in [0.1, 0.15) is 18.1 Å². The zero-order chi connectivity index (χ0) is 20.2. The van der Waals surface area contributed by atoms with Gasteiger partial charge in [-0.05, 0) is 30.7 Å². The van der Waals surface area contributed by atoms with E-state index in [2.05, 4.69) is 10.6 Å². The summed E-state index contributed by atoms with van der Waals surface area (Å²) in [6, 6.07) is 8.02. The molecule has 0 saturated heterocycles. The van der Waals surface area contributed by atoms with Gasteiger partial charge in [-0.2, -0.15) is 13.2 Å². The van der Waals surface area contributed by atoms with Crippen molar-refractivity contribution in [1.29, 1.82) is 0 Å². The second-order valence-corrected chi connectivity index (χ2v) is 6.07. The van der Waals surface area contributed by atoms with Gasteiger partial charge in [0.1, 0.15) is 11.7 Å². The van der Waals surface area contributed by atoms with E-state index in [4.69, 9.17) is 11.6 Å². The van der Waals surface area contributed by atoms with E-state index >= 15 is 0 Å². The molecule has 0 spiro atoms. The molecule has 2 aromatic carbocycles. The summed E-state index contributed by atoms with van der Waals surface area (Å²) in [6.07, 6.45) is -4.71. The second kappa shape index (κ2) is 8.26. The number of nitro benzene ring substituents is 1. The van der Waals surface area contributed by atoms with Crippen LogP contribution in [0.4, 0.5) is 24.5 Å². The molecule has 0 aliphatic heterocycles. The summed E-state index contributed by atoms with van der Waals surface area (Å²) >= 11 is 5.99. The zero-order valence-electron chi connectivity index (χ0n) is 14.0. The third-order valence-electron chi connectivity index (χ3n) is 3.70. The molecule has 1 atom stereocenters. The summed E-state index contributed by atoms with van der Waals surface area (Å²) in [6.45, 7) is 1.57. The van der Waals surface area contributed by atoms with E-state index in [9.17, 15) is 28.1 Å². The van der Waals surface area contributed by atoms with Crippen LogP contribution in [0, 0.1) is 10.1 Å². The molecule has 0 aromatic heterocycles. The van der Waals surface area contributed by atoms with Gasteiger partial charge in [0.2, 0.25) is 5.91 Å². The van der Waals surface area contributed by atoms with Crippen molar-refractivity contribution < 1.29 is 22.9 Å². The number of nitrogens with zero attached hydrogens (tertiary/aromatic N) is 1. The molecule has 2 N–H and O–H groups in total. The van der Waals surface area contributed by atoms with E-state index in [1.165, 1.54) is 6.92 Å². The molecule has 0 fully saturated rings. The van der Waals surface area contributed by atoms with Gasteiger partial charge in [-0.3, -0.25) is 14.9 Å². The van der Waals surface area contributed by atoms with Crippen LogP contribution in [0.15, 0.2) is 42.5 Å². The fraction of sp³-hybridized carbons (Fsp3) is 0.235. The lowest BCUT2D eigenvalue weighted by Crippen LogP contribution is -2.37. The Balaban J connectivity index is 2.10. The maximum atomic E-state index is 12.7. The number of carbonyl (C=O) groups excluding carboxylic acids is 1. The Kier molecular flexibility index (Phi) is 6.27. The molecule has 1 amide bonds. The summed E-state index contributed by atoms with van der Waals surface area (Å²) in [4.78, 5) is 22.3. The molecule has 0 saturated carbocycles. The molecule has 6 nitrogen and oxygen atoms in total.